The zero-order valence-corrected chi connectivity index (χ0v) is 18.1. The van der Waals surface area contributed by atoms with Crippen molar-refractivity contribution < 1.29 is 28.6 Å². The fraction of sp³-hybridized carbons (Fsp3) is 0.261. The second kappa shape index (κ2) is 10.7. The summed E-state index contributed by atoms with van der Waals surface area (Å²) in [5.74, 6) is 0.160. The number of carbonyl (C=O) groups excluding carboxylic acids is 3. The van der Waals surface area contributed by atoms with Crippen molar-refractivity contribution in [1.29, 1.82) is 0 Å². The number of amides is 2. The standard InChI is InChI=1S/C23H23NO6S/c1-16(2)30-21(25)15-24-22(26)20(31-23(24)27)14-17-8-6-7-11-19(17)29-13-12-28-18-9-4-3-5-10-18/h3-11,14,16H,12-13,15H2,1-2H3/b20-14-. The van der Waals surface area contributed by atoms with E-state index < -0.39 is 23.7 Å². The Morgan fingerprint density at radius 3 is 2.42 bits per heavy atom. The number of benzene rings is 2. The lowest BCUT2D eigenvalue weighted by Crippen LogP contribution is -2.35. The zero-order chi connectivity index (χ0) is 22.2. The molecule has 1 saturated heterocycles. The lowest BCUT2D eigenvalue weighted by atomic mass is 10.2. The lowest BCUT2D eigenvalue weighted by molar-refractivity contribution is -0.149. The minimum absolute atomic E-state index is 0.221. The number of thioether (sulfide) groups is 1. The molecule has 1 aliphatic heterocycles. The van der Waals surface area contributed by atoms with Crippen molar-refractivity contribution >= 4 is 35.0 Å². The maximum Gasteiger partial charge on any atom is 0.326 e. The molecule has 0 spiro atoms. The van der Waals surface area contributed by atoms with Gasteiger partial charge in [0, 0.05) is 5.56 Å². The molecule has 7 nitrogen and oxygen atoms in total. The lowest BCUT2D eigenvalue weighted by Gasteiger charge is -2.13. The molecule has 0 saturated carbocycles. The van der Waals surface area contributed by atoms with Crippen LogP contribution < -0.4 is 9.47 Å². The van der Waals surface area contributed by atoms with Crippen LogP contribution in [0.2, 0.25) is 0 Å². The summed E-state index contributed by atoms with van der Waals surface area (Å²) in [4.78, 5) is 37.8. The van der Waals surface area contributed by atoms with Gasteiger partial charge in [0.05, 0.1) is 11.0 Å². The first kappa shape index (κ1) is 22.4. The Hall–Kier alpha value is -3.26. The van der Waals surface area contributed by atoms with Crippen LogP contribution in [-0.4, -0.2) is 47.9 Å². The van der Waals surface area contributed by atoms with Gasteiger partial charge in [-0.3, -0.25) is 19.3 Å². The van der Waals surface area contributed by atoms with E-state index in [1.165, 1.54) is 0 Å². The smallest absolute Gasteiger partial charge is 0.326 e. The van der Waals surface area contributed by atoms with Crippen LogP contribution in [0.3, 0.4) is 0 Å². The zero-order valence-electron chi connectivity index (χ0n) is 17.3. The minimum atomic E-state index is -0.624. The number of para-hydroxylation sites is 2. The van der Waals surface area contributed by atoms with Crippen molar-refractivity contribution in [2.24, 2.45) is 0 Å². The van der Waals surface area contributed by atoms with Crippen LogP contribution in [-0.2, 0) is 14.3 Å². The van der Waals surface area contributed by atoms with Crippen molar-refractivity contribution in [3.8, 4) is 11.5 Å². The molecule has 0 bridgehead atoms. The number of nitrogens with zero attached hydrogens (tertiary/aromatic N) is 1. The van der Waals surface area contributed by atoms with E-state index in [0.29, 0.717) is 24.5 Å². The molecule has 2 aromatic carbocycles. The third kappa shape index (κ3) is 6.36. The number of imide groups is 1. The van der Waals surface area contributed by atoms with Gasteiger partial charge in [0.1, 0.15) is 31.3 Å². The third-order valence-corrected chi connectivity index (χ3v) is 4.99. The number of rotatable bonds is 9. The van der Waals surface area contributed by atoms with Gasteiger partial charge >= 0.3 is 5.97 Å². The van der Waals surface area contributed by atoms with Gasteiger partial charge in [-0.1, -0.05) is 36.4 Å². The number of hydrogen-bond donors (Lipinski definition) is 0. The van der Waals surface area contributed by atoms with E-state index >= 15 is 0 Å². The van der Waals surface area contributed by atoms with Gasteiger partial charge in [0.15, 0.2) is 0 Å². The molecule has 0 aliphatic carbocycles. The van der Waals surface area contributed by atoms with Gasteiger partial charge in [0.2, 0.25) is 0 Å². The molecule has 3 rings (SSSR count). The summed E-state index contributed by atoms with van der Waals surface area (Å²) in [6, 6.07) is 16.6. The van der Waals surface area contributed by atoms with Crippen LogP contribution in [0.15, 0.2) is 59.5 Å². The molecule has 31 heavy (non-hydrogen) atoms. The van der Waals surface area contributed by atoms with Gasteiger partial charge in [-0.15, -0.1) is 0 Å². The monoisotopic (exact) mass is 441 g/mol. The van der Waals surface area contributed by atoms with E-state index in [0.717, 1.165) is 22.4 Å². The molecule has 8 heteroatoms. The molecular formula is C23H23NO6S. The average Bonchev–Trinajstić information content (AvgIpc) is 3.00. The van der Waals surface area contributed by atoms with Gasteiger partial charge in [0.25, 0.3) is 11.1 Å². The Morgan fingerprint density at radius 1 is 1.00 bits per heavy atom. The van der Waals surface area contributed by atoms with E-state index in [4.69, 9.17) is 14.2 Å². The molecule has 2 aromatic rings. The molecule has 2 amide bonds. The van der Waals surface area contributed by atoms with Crippen molar-refractivity contribution in [2.45, 2.75) is 20.0 Å². The molecule has 0 N–H and O–H groups in total. The van der Waals surface area contributed by atoms with E-state index in [-0.39, 0.29) is 11.0 Å². The highest BCUT2D eigenvalue weighted by Gasteiger charge is 2.37. The van der Waals surface area contributed by atoms with E-state index in [1.54, 1.807) is 32.1 Å². The molecule has 0 aromatic heterocycles. The largest absolute Gasteiger partial charge is 0.490 e. The third-order valence-electron chi connectivity index (χ3n) is 4.09. The van der Waals surface area contributed by atoms with Gasteiger partial charge in [-0.25, -0.2) is 0 Å². The van der Waals surface area contributed by atoms with Crippen molar-refractivity contribution in [3.05, 3.63) is 65.1 Å². The minimum Gasteiger partial charge on any atom is -0.490 e. The molecule has 1 fully saturated rings. The Morgan fingerprint density at radius 2 is 1.68 bits per heavy atom. The molecule has 0 atom stereocenters. The number of ether oxygens (including phenoxy) is 3. The number of esters is 1. The Labute approximate surface area is 185 Å². The molecular weight excluding hydrogens is 418 g/mol. The van der Waals surface area contributed by atoms with Crippen molar-refractivity contribution in [3.63, 3.8) is 0 Å². The second-order valence-corrected chi connectivity index (χ2v) is 7.85. The topological polar surface area (TPSA) is 82.1 Å². The summed E-state index contributed by atoms with van der Waals surface area (Å²) in [5, 5.41) is -0.508. The first-order valence-corrected chi connectivity index (χ1v) is 10.6. The van der Waals surface area contributed by atoms with Crippen LogP contribution in [0, 0.1) is 0 Å². The predicted molar refractivity (Wildman–Crippen MR) is 118 cm³/mol. The fourth-order valence-corrected chi connectivity index (χ4v) is 3.60. The van der Waals surface area contributed by atoms with Gasteiger partial charge in [-0.2, -0.15) is 0 Å². The first-order chi connectivity index (χ1) is 14.9. The molecule has 1 aliphatic rings. The molecule has 0 unspecified atom stereocenters. The Bertz CT molecular complexity index is 973. The quantitative estimate of drug-likeness (QED) is 0.329. The Balaban J connectivity index is 1.63. The highest BCUT2D eigenvalue weighted by atomic mass is 32.2. The average molecular weight is 442 g/mol. The summed E-state index contributed by atoms with van der Waals surface area (Å²) < 4.78 is 16.4. The maximum absolute atomic E-state index is 12.6. The summed E-state index contributed by atoms with van der Waals surface area (Å²) in [6.07, 6.45) is 1.27. The summed E-state index contributed by atoms with van der Waals surface area (Å²) in [6.45, 7) is 3.66. The summed E-state index contributed by atoms with van der Waals surface area (Å²) in [5.41, 5.74) is 0.650. The Kier molecular flexibility index (Phi) is 7.72. The van der Waals surface area contributed by atoms with E-state index in [9.17, 15) is 14.4 Å². The highest BCUT2D eigenvalue weighted by molar-refractivity contribution is 8.18. The van der Waals surface area contributed by atoms with Crippen LogP contribution in [0.5, 0.6) is 11.5 Å². The van der Waals surface area contributed by atoms with Crippen molar-refractivity contribution in [2.75, 3.05) is 19.8 Å². The first-order valence-electron chi connectivity index (χ1n) is 9.78. The second-order valence-electron chi connectivity index (χ2n) is 6.85. The highest BCUT2D eigenvalue weighted by Crippen LogP contribution is 2.33. The maximum atomic E-state index is 12.6. The number of carbonyl (C=O) groups is 3. The van der Waals surface area contributed by atoms with Gasteiger partial charge in [-0.05, 0) is 49.9 Å². The SMILES string of the molecule is CC(C)OC(=O)CN1C(=O)S/C(=C\c2ccccc2OCCOc2ccccc2)C1=O. The normalized spacial score (nSPS) is 14.9. The van der Waals surface area contributed by atoms with Crippen LogP contribution in [0.4, 0.5) is 4.79 Å². The van der Waals surface area contributed by atoms with E-state index in [1.807, 2.05) is 42.5 Å². The van der Waals surface area contributed by atoms with Crippen LogP contribution >= 0.6 is 11.8 Å². The predicted octanol–water partition coefficient (Wildman–Crippen LogP) is 4.13. The van der Waals surface area contributed by atoms with Crippen molar-refractivity contribution in [1.82, 2.24) is 4.90 Å². The van der Waals surface area contributed by atoms with Gasteiger partial charge < -0.3 is 14.2 Å². The molecule has 162 valence electrons. The summed E-state index contributed by atoms with van der Waals surface area (Å²) in [7, 11) is 0. The van der Waals surface area contributed by atoms with E-state index in [2.05, 4.69) is 0 Å². The van der Waals surface area contributed by atoms with Crippen LogP contribution in [0.25, 0.3) is 6.08 Å². The number of hydrogen-bond acceptors (Lipinski definition) is 7. The molecule has 1 heterocycles. The molecule has 0 radical (unpaired) electrons. The van der Waals surface area contributed by atoms with Crippen LogP contribution in [0.1, 0.15) is 19.4 Å². The summed E-state index contributed by atoms with van der Waals surface area (Å²) >= 11 is 0.782. The fourth-order valence-electron chi connectivity index (χ4n) is 2.77.